The van der Waals surface area contributed by atoms with E-state index in [4.69, 9.17) is 5.73 Å². The minimum Gasteiger partial charge on any atom is -0.382 e. The highest BCUT2D eigenvalue weighted by Crippen LogP contribution is 2.30. The Hall–Kier alpha value is -1.27. The van der Waals surface area contributed by atoms with Crippen LogP contribution in [0, 0.1) is 0 Å². The maximum absolute atomic E-state index is 12.5. The number of piperidine rings is 1. The van der Waals surface area contributed by atoms with Crippen molar-refractivity contribution in [2.24, 2.45) is 5.73 Å². The summed E-state index contributed by atoms with van der Waals surface area (Å²) in [7, 11) is 0. The van der Waals surface area contributed by atoms with E-state index in [1.165, 1.54) is 10.5 Å². The summed E-state index contributed by atoms with van der Waals surface area (Å²) < 4.78 is 37.4. The monoisotopic (exact) mass is 355 g/mol. The lowest BCUT2D eigenvalue weighted by Crippen LogP contribution is -2.39. The molecule has 1 aliphatic heterocycles. The Morgan fingerprint density at radius 2 is 1.56 bits per heavy atom. The molecule has 0 bridgehead atoms. The van der Waals surface area contributed by atoms with Crippen LogP contribution >= 0.6 is 0 Å². The zero-order valence-corrected chi connectivity index (χ0v) is 14.6. The molecule has 1 heterocycles. The van der Waals surface area contributed by atoms with Gasteiger partial charge in [-0.1, -0.05) is 12.1 Å². The fourth-order valence-corrected chi connectivity index (χ4v) is 4.03. The van der Waals surface area contributed by atoms with Crippen molar-refractivity contribution in [3.05, 3.63) is 29.8 Å². The Morgan fingerprint density at radius 1 is 0.960 bits per heavy atom. The molecule has 0 aromatic heterocycles. The summed E-state index contributed by atoms with van der Waals surface area (Å²) in [6, 6.07) is 9.31. The molecule has 1 aromatic carbocycles. The second-order valence-corrected chi connectivity index (χ2v) is 7.54. The lowest BCUT2D eigenvalue weighted by Gasteiger charge is -2.32. The number of hydrogen-bond acceptors (Lipinski definition) is 3. The van der Waals surface area contributed by atoms with E-state index in [1.54, 1.807) is 0 Å². The zero-order chi connectivity index (χ0) is 17.9. The van der Waals surface area contributed by atoms with Gasteiger partial charge in [0.2, 0.25) is 0 Å². The second-order valence-electron chi connectivity index (χ2n) is 7.54. The summed E-state index contributed by atoms with van der Waals surface area (Å²) in [5.41, 5.74) is 8.31. The molecule has 3 rings (SSSR count). The first-order valence-electron chi connectivity index (χ1n) is 9.30. The van der Waals surface area contributed by atoms with Crippen LogP contribution in [0.1, 0.15) is 50.0 Å². The normalized spacial score (nSPS) is 26.6. The summed E-state index contributed by atoms with van der Waals surface area (Å²) in [5.74, 6) is 0.367. The highest BCUT2D eigenvalue weighted by molar-refractivity contribution is 5.46. The number of nitrogens with zero attached hydrogens (tertiary/aromatic N) is 1. The van der Waals surface area contributed by atoms with Gasteiger partial charge in [-0.25, -0.2) is 0 Å². The number of alkyl halides is 3. The zero-order valence-electron chi connectivity index (χ0n) is 14.6. The third kappa shape index (κ3) is 5.61. The van der Waals surface area contributed by atoms with Crippen LogP contribution in [0.2, 0.25) is 0 Å². The molecule has 1 saturated heterocycles. The maximum atomic E-state index is 12.5. The second kappa shape index (κ2) is 7.96. The van der Waals surface area contributed by atoms with E-state index >= 15 is 0 Å². The SMILES string of the molecule is NC1CCC(Nc2ccc(C3CCN(CC(F)(F)F)CC3)cc2)CC1. The van der Waals surface area contributed by atoms with E-state index in [0.29, 0.717) is 31.1 Å². The van der Waals surface area contributed by atoms with Gasteiger partial charge in [0.1, 0.15) is 0 Å². The topological polar surface area (TPSA) is 41.3 Å². The Kier molecular flexibility index (Phi) is 5.89. The van der Waals surface area contributed by atoms with Crippen LogP contribution in [0.3, 0.4) is 0 Å². The molecule has 2 aliphatic rings. The summed E-state index contributed by atoms with van der Waals surface area (Å²) in [6.45, 7) is 0.257. The van der Waals surface area contributed by atoms with E-state index in [-0.39, 0.29) is 0 Å². The fourth-order valence-electron chi connectivity index (χ4n) is 4.03. The number of halogens is 3. The minimum absolute atomic E-state index is 0.351. The number of hydrogen-bond donors (Lipinski definition) is 2. The first-order valence-corrected chi connectivity index (χ1v) is 9.30. The lowest BCUT2D eigenvalue weighted by atomic mass is 9.89. The van der Waals surface area contributed by atoms with Gasteiger partial charge >= 0.3 is 6.18 Å². The minimum atomic E-state index is -4.09. The molecule has 0 amide bonds. The predicted octanol–water partition coefficient (Wildman–Crippen LogP) is 4.11. The fraction of sp³-hybridized carbons (Fsp3) is 0.684. The molecule has 3 nitrogen and oxygen atoms in total. The Balaban J connectivity index is 1.48. The quantitative estimate of drug-likeness (QED) is 0.854. The third-order valence-electron chi connectivity index (χ3n) is 5.52. The molecule has 1 aliphatic carbocycles. The summed E-state index contributed by atoms with van der Waals surface area (Å²) in [6.07, 6.45) is 1.87. The van der Waals surface area contributed by atoms with Crippen molar-refractivity contribution >= 4 is 5.69 Å². The number of anilines is 1. The number of rotatable bonds is 4. The molecule has 6 heteroatoms. The van der Waals surface area contributed by atoms with Gasteiger partial charge in [-0.05, 0) is 75.2 Å². The lowest BCUT2D eigenvalue weighted by molar-refractivity contribution is -0.147. The number of nitrogens with one attached hydrogen (secondary N) is 1. The van der Waals surface area contributed by atoms with Crippen LogP contribution in [-0.4, -0.2) is 42.8 Å². The van der Waals surface area contributed by atoms with Gasteiger partial charge in [0.05, 0.1) is 6.54 Å². The van der Waals surface area contributed by atoms with Gasteiger partial charge in [-0.15, -0.1) is 0 Å². The average Bonchev–Trinajstić information content (AvgIpc) is 2.57. The molecule has 2 fully saturated rings. The maximum Gasteiger partial charge on any atom is 0.401 e. The first kappa shape index (κ1) is 18.5. The van der Waals surface area contributed by atoms with Crippen molar-refractivity contribution in [2.75, 3.05) is 25.0 Å². The number of likely N-dealkylation sites (tertiary alicyclic amines) is 1. The van der Waals surface area contributed by atoms with Crippen molar-refractivity contribution in [3.8, 4) is 0 Å². The molecule has 3 N–H and O–H groups in total. The van der Waals surface area contributed by atoms with Gasteiger partial charge in [0.25, 0.3) is 0 Å². The molecule has 0 atom stereocenters. The Bertz CT molecular complexity index is 528. The van der Waals surface area contributed by atoms with Crippen LogP contribution in [0.15, 0.2) is 24.3 Å². The molecular weight excluding hydrogens is 327 g/mol. The van der Waals surface area contributed by atoms with Gasteiger partial charge < -0.3 is 11.1 Å². The van der Waals surface area contributed by atoms with Crippen LogP contribution in [0.25, 0.3) is 0 Å². The van der Waals surface area contributed by atoms with E-state index in [0.717, 1.165) is 44.2 Å². The predicted molar refractivity (Wildman–Crippen MR) is 94.8 cm³/mol. The van der Waals surface area contributed by atoms with E-state index in [2.05, 4.69) is 29.6 Å². The van der Waals surface area contributed by atoms with Crippen LogP contribution in [0.5, 0.6) is 0 Å². The molecule has 0 spiro atoms. The molecule has 1 aromatic rings. The van der Waals surface area contributed by atoms with Crippen molar-refractivity contribution in [3.63, 3.8) is 0 Å². The van der Waals surface area contributed by atoms with Crippen molar-refractivity contribution in [1.82, 2.24) is 4.90 Å². The van der Waals surface area contributed by atoms with Crippen LogP contribution in [-0.2, 0) is 0 Å². The van der Waals surface area contributed by atoms with Gasteiger partial charge in [-0.3, -0.25) is 4.90 Å². The largest absolute Gasteiger partial charge is 0.401 e. The van der Waals surface area contributed by atoms with E-state index in [9.17, 15) is 13.2 Å². The van der Waals surface area contributed by atoms with E-state index in [1.807, 2.05) is 0 Å². The molecule has 140 valence electrons. The third-order valence-corrected chi connectivity index (χ3v) is 5.52. The standard InChI is InChI=1S/C19H28F3N3/c20-19(21,22)13-25-11-9-15(10-12-25)14-1-5-17(6-2-14)24-18-7-3-16(23)4-8-18/h1-2,5-6,15-16,18,24H,3-4,7-13,23H2. The summed E-state index contributed by atoms with van der Waals surface area (Å²) in [5, 5.41) is 3.58. The Labute approximate surface area is 147 Å². The summed E-state index contributed by atoms with van der Waals surface area (Å²) >= 11 is 0. The molecule has 0 unspecified atom stereocenters. The molecule has 0 radical (unpaired) electrons. The molecule has 25 heavy (non-hydrogen) atoms. The number of benzene rings is 1. The van der Waals surface area contributed by atoms with E-state index < -0.39 is 12.7 Å². The highest BCUT2D eigenvalue weighted by atomic mass is 19.4. The van der Waals surface area contributed by atoms with Gasteiger partial charge in [-0.2, -0.15) is 13.2 Å². The molecule has 1 saturated carbocycles. The smallest absolute Gasteiger partial charge is 0.382 e. The van der Waals surface area contributed by atoms with Crippen molar-refractivity contribution in [1.29, 1.82) is 0 Å². The highest BCUT2D eigenvalue weighted by Gasteiger charge is 2.32. The van der Waals surface area contributed by atoms with Crippen molar-refractivity contribution < 1.29 is 13.2 Å². The Morgan fingerprint density at radius 3 is 2.12 bits per heavy atom. The average molecular weight is 355 g/mol. The summed E-state index contributed by atoms with van der Waals surface area (Å²) in [4.78, 5) is 1.51. The number of nitrogens with two attached hydrogens (primary N) is 1. The van der Waals surface area contributed by atoms with Crippen LogP contribution in [0.4, 0.5) is 18.9 Å². The van der Waals surface area contributed by atoms with Gasteiger partial charge in [0.15, 0.2) is 0 Å². The first-order chi connectivity index (χ1) is 11.9. The van der Waals surface area contributed by atoms with Gasteiger partial charge in [0, 0.05) is 17.8 Å². The molecular formula is C19H28F3N3. The van der Waals surface area contributed by atoms with Crippen LogP contribution < -0.4 is 11.1 Å². The van der Waals surface area contributed by atoms with Crippen molar-refractivity contribution in [2.45, 2.75) is 62.7 Å².